The molecule has 0 aliphatic rings. The van der Waals surface area contributed by atoms with E-state index in [2.05, 4.69) is 10.3 Å². The number of aromatic nitrogens is 1. The summed E-state index contributed by atoms with van der Waals surface area (Å²) in [6, 6.07) is 14.1. The van der Waals surface area contributed by atoms with Crippen molar-refractivity contribution in [1.82, 2.24) is 10.3 Å². The van der Waals surface area contributed by atoms with E-state index in [9.17, 15) is 4.79 Å². The third-order valence-corrected chi connectivity index (χ3v) is 5.26. The molecular weight excluding hydrogens is 312 g/mol. The van der Waals surface area contributed by atoms with Gasteiger partial charge in [0.15, 0.2) is 0 Å². The topological polar surface area (TPSA) is 42.0 Å². The Balaban J connectivity index is 1.62. The molecule has 1 N–H and O–H groups in total. The minimum atomic E-state index is 0.00538. The first-order chi connectivity index (χ1) is 10.7. The number of amides is 1. The Morgan fingerprint density at radius 3 is 2.73 bits per heavy atom. The van der Waals surface area contributed by atoms with Gasteiger partial charge >= 0.3 is 0 Å². The Kier molecular flexibility index (Phi) is 4.65. The van der Waals surface area contributed by atoms with Crippen molar-refractivity contribution in [2.45, 2.75) is 19.4 Å². The van der Waals surface area contributed by atoms with E-state index in [1.165, 1.54) is 0 Å². The van der Waals surface area contributed by atoms with Gasteiger partial charge in [-0.3, -0.25) is 4.79 Å². The molecule has 0 aliphatic heterocycles. The number of nitrogens with one attached hydrogen (secondary N) is 1. The fourth-order valence-corrected chi connectivity index (χ4v) is 3.73. The summed E-state index contributed by atoms with van der Waals surface area (Å²) in [4.78, 5) is 17.8. The van der Waals surface area contributed by atoms with Crippen molar-refractivity contribution in [3.63, 3.8) is 0 Å². The van der Waals surface area contributed by atoms with E-state index in [1.807, 2.05) is 60.1 Å². The van der Waals surface area contributed by atoms with Crippen LogP contribution in [-0.4, -0.2) is 10.9 Å². The molecule has 3 nitrogen and oxygen atoms in total. The SMILES string of the molecule is C[C@@H](NC(=O)Cc1csc(-c2ccccc2)n1)c1cccs1. The quantitative estimate of drug-likeness (QED) is 0.759. The van der Waals surface area contributed by atoms with E-state index in [-0.39, 0.29) is 11.9 Å². The number of nitrogens with zero attached hydrogens (tertiary/aromatic N) is 1. The number of carbonyl (C=O) groups excluding carboxylic acids is 1. The monoisotopic (exact) mass is 328 g/mol. The van der Waals surface area contributed by atoms with Crippen LogP contribution in [0, 0.1) is 0 Å². The van der Waals surface area contributed by atoms with Crippen molar-refractivity contribution in [3.05, 3.63) is 63.8 Å². The largest absolute Gasteiger partial charge is 0.348 e. The molecule has 1 amide bonds. The summed E-state index contributed by atoms with van der Waals surface area (Å²) in [6.45, 7) is 2.00. The van der Waals surface area contributed by atoms with Crippen LogP contribution in [0.2, 0.25) is 0 Å². The van der Waals surface area contributed by atoms with Gasteiger partial charge < -0.3 is 5.32 Å². The highest BCUT2D eigenvalue weighted by Gasteiger charge is 2.13. The summed E-state index contributed by atoms with van der Waals surface area (Å²) in [6.07, 6.45) is 0.319. The molecule has 3 rings (SSSR count). The molecule has 0 spiro atoms. The van der Waals surface area contributed by atoms with Gasteiger partial charge in [0.1, 0.15) is 5.01 Å². The van der Waals surface area contributed by atoms with Gasteiger partial charge in [-0.05, 0) is 18.4 Å². The van der Waals surface area contributed by atoms with Crippen molar-refractivity contribution >= 4 is 28.6 Å². The third kappa shape index (κ3) is 3.61. The molecule has 1 atom stereocenters. The lowest BCUT2D eigenvalue weighted by atomic mass is 10.2. The second-order valence-electron chi connectivity index (χ2n) is 4.99. The molecule has 0 radical (unpaired) electrons. The molecule has 0 fully saturated rings. The standard InChI is InChI=1S/C17H16N2OS2/c1-12(15-8-5-9-21-15)18-16(20)10-14-11-22-17(19-14)13-6-3-2-4-7-13/h2-9,11-12H,10H2,1H3,(H,18,20)/t12-/m1/s1. The van der Waals surface area contributed by atoms with E-state index >= 15 is 0 Å². The maximum Gasteiger partial charge on any atom is 0.226 e. The molecule has 0 aliphatic carbocycles. The molecule has 0 saturated heterocycles. The van der Waals surface area contributed by atoms with E-state index < -0.39 is 0 Å². The molecule has 0 unspecified atom stereocenters. The van der Waals surface area contributed by atoms with Gasteiger partial charge in [-0.25, -0.2) is 4.98 Å². The summed E-state index contributed by atoms with van der Waals surface area (Å²) in [7, 11) is 0. The highest BCUT2D eigenvalue weighted by atomic mass is 32.1. The molecule has 22 heavy (non-hydrogen) atoms. The number of thiazole rings is 1. The Labute approximate surface area is 137 Å². The molecular formula is C17H16N2OS2. The maximum absolute atomic E-state index is 12.1. The normalized spacial score (nSPS) is 12.0. The fraction of sp³-hybridized carbons (Fsp3) is 0.176. The Morgan fingerprint density at radius 1 is 1.18 bits per heavy atom. The molecule has 0 bridgehead atoms. The smallest absolute Gasteiger partial charge is 0.226 e. The number of hydrogen-bond donors (Lipinski definition) is 1. The van der Waals surface area contributed by atoms with Crippen LogP contribution in [0.4, 0.5) is 0 Å². The van der Waals surface area contributed by atoms with Gasteiger partial charge in [-0.1, -0.05) is 36.4 Å². The van der Waals surface area contributed by atoms with Crippen LogP contribution in [0.3, 0.4) is 0 Å². The predicted octanol–water partition coefficient (Wildman–Crippen LogP) is 4.29. The van der Waals surface area contributed by atoms with Crippen LogP contribution in [0.15, 0.2) is 53.2 Å². The van der Waals surface area contributed by atoms with Crippen molar-refractivity contribution < 1.29 is 4.79 Å². The fourth-order valence-electron chi connectivity index (χ4n) is 2.17. The molecule has 112 valence electrons. The van der Waals surface area contributed by atoms with Gasteiger partial charge in [-0.2, -0.15) is 0 Å². The Bertz CT molecular complexity index is 735. The van der Waals surface area contributed by atoms with Gasteiger partial charge in [0.2, 0.25) is 5.91 Å². The zero-order chi connectivity index (χ0) is 15.4. The number of carbonyl (C=O) groups is 1. The first-order valence-corrected chi connectivity index (χ1v) is 8.81. The lowest BCUT2D eigenvalue weighted by Gasteiger charge is -2.11. The maximum atomic E-state index is 12.1. The molecule has 2 aromatic heterocycles. The van der Waals surface area contributed by atoms with Crippen LogP contribution in [0.25, 0.3) is 10.6 Å². The average Bonchev–Trinajstić information content (AvgIpc) is 3.19. The van der Waals surface area contributed by atoms with Crippen molar-refractivity contribution in [3.8, 4) is 10.6 Å². The molecule has 1 aromatic carbocycles. The molecule has 3 aromatic rings. The first-order valence-electron chi connectivity index (χ1n) is 7.05. The van der Waals surface area contributed by atoms with Crippen LogP contribution in [0.5, 0.6) is 0 Å². The summed E-state index contributed by atoms with van der Waals surface area (Å²) < 4.78 is 0. The second kappa shape index (κ2) is 6.85. The predicted molar refractivity (Wildman–Crippen MR) is 92.1 cm³/mol. The van der Waals surface area contributed by atoms with Crippen LogP contribution in [0.1, 0.15) is 23.5 Å². The van der Waals surface area contributed by atoms with E-state index in [4.69, 9.17) is 0 Å². The molecule has 0 saturated carbocycles. The van der Waals surface area contributed by atoms with Crippen LogP contribution < -0.4 is 5.32 Å². The number of hydrogen-bond acceptors (Lipinski definition) is 4. The Morgan fingerprint density at radius 2 is 2.00 bits per heavy atom. The van der Waals surface area contributed by atoms with Gasteiger partial charge in [-0.15, -0.1) is 22.7 Å². The number of benzene rings is 1. The van der Waals surface area contributed by atoms with Gasteiger partial charge in [0.25, 0.3) is 0 Å². The van der Waals surface area contributed by atoms with Crippen molar-refractivity contribution in [1.29, 1.82) is 0 Å². The van der Waals surface area contributed by atoms with Gasteiger partial charge in [0, 0.05) is 15.8 Å². The van der Waals surface area contributed by atoms with E-state index in [1.54, 1.807) is 22.7 Å². The van der Waals surface area contributed by atoms with Crippen LogP contribution >= 0.6 is 22.7 Å². The zero-order valence-corrected chi connectivity index (χ0v) is 13.8. The summed E-state index contributed by atoms with van der Waals surface area (Å²) in [5.41, 5.74) is 1.91. The average molecular weight is 328 g/mol. The number of rotatable bonds is 5. The summed E-state index contributed by atoms with van der Waals surface area (Å²) in [5, 5.41) is 7.94. The minimum absolute atomic E-state index is 0.00538. The number of thiophene rings is 1. The second-order valence-corrected chi connectivity index (χ2v) is 6.83. The van der Waals surface area contributed by atoms with Gasteiger partial charge in [0.05, 0.1) is 18.2 Å². The van der Waals surface area contributed by atoms with Crippen molar-refractivity contribution in [2.24, 2.45) is 0 Å². The zero-order valence-electron chi connectivity index (χ0n) is 12.2. The Hall–Kier alpha value is -1.98. The summed E-state index contributed by atoms with van der Waals surface area (Å²) in [5.74, 6) is 0.00538. The minimum Gasteiger partial charge on any atom is -0.348 e. The lowest BCUT2D eigenvalue weighted by Crippen LogP contribution is -2.27. The highest BCUT2D eigenvalue weighted by molar-refractivity contribution is 7.13. The first kappa shape index (κ1) is 14.9. The highest BCUT2D eigenvalue weighted by Crippen LogP contribution is 2.23. The molecule has 2 heterocycles. The van der Waals surface area contributed by atoms with Crippen LogP contribution in [-0.2, 0) is 11.2 Å². The van der Waals surface area contributed by atoms with E-state index in [0.29, 0.717) is 6.42 Å². The summed E-state index contributed by atoms with van der Waals surface area (Å²) >= 11 is 3.22. The lowest BCUT2D eigenvalue weighted by molar-refractivity contribution is -0.121. The van der Waals surface area contributed by atoms with E-state index in [0.717, 1.165) is 21.1 Å². The van der Waals surface area contributed by atoms with Crippen molar-refractivity contribution in [2.75, 3.05) is 0 Å². The third-order valence-electron chi connectivity index (χ3n) is 3.26. The molecule has 5 heteroatoms.